The normalized spacial score (nSPS) is 11.2. The summed E-state index contributed by atoms with van der Waals surface area (Å²) < 4.78 is 0. The van der Waals surface area contributed by atoms with Crippen LogP contribution in [0.15, 0.2) is 35.3 Å². The van der Waals surface area contributed by atoms with Gasteiger partial charge in [0.2, 0.25) is 5.95 Å². The third-order valence-electron chi connectivity index (χ3n) is 4.25. The Bertz CT molecular complexity index is 1180. The first-order valence-electron chi connectivity index (χ1n) is 9.11. The van der Waals surface area contributed by atoms with Gasteiger partial charge in [0.25, 0.3) is 11.5 Å². The SMILES string of the molecule is Nc1nc2ncc(CNc3ccc(C(=O)N[C@@H](CC[C-]=O)C(=O)O)cc3)nc2c(=O)[nH]1.[Zr]. The van der Waals surface area contributed by atoms with Crippen LogP contribution in [0.2, 0.25) is 0 Å². The number of aromatic nitrogens is 4. The van der Waals surface area contributed by atoms with E-state index in [1.807, 2.05) is 0 Å². The zero-order chi connectivity index (χ0) is 22.4. The van der Waals surface area contributed by atoms with Gasteiger partial charge in [-0.2, -0.15) is 4.98 Å². The number of aromatic amines is 1. The number of nitrogens with one attached hydrogen (secondary N) is 3. The molecule has 3 aromatic rings. The molecule has 0 spiro atoms. The number of nitrogens with two attached hydrogens (primary N) is 1. The Morgan fingerprint density at radius 2 is 1.94 bits per heavy atom. The number of anilines is 2. The van der Waals surface area contributed by atoms with Crippen molar-refractivity contribution in [3.63, 3.8) is 0 Å². The van der Waals surface area contributed by atoms with Crippen molar-refractivity contribution in [1.82, 2.24) is 25.3 Å². The molecular weight excluding hydrogens is 497 g/mol. The van der Waals surface area contributed by atoms with E-state index in [0.717, 1.165) is 0 Å². The van der Waals surface area contributed by atoms with Crippen molar-refractivity contribution in [1.29, 1.82) is 0 Å². The smallest absolute Gasteiger partial charge is 0.326 e. The number of benzene rings is 1. The minimum atomic E-state index is -1.23. The van der Waals surface area contributed by atoms with Crippen molar-refractivity contribution in [2.75, 3.05) is 11.1 Å². The summed E-state index contributed by atoms with van der Waals surface area (Å²) in [7, 11) is 0. The van der Waals surface area contributed by atoms with Crippen molar-refractivity contribution < 1.29 is 45.7 Å². The topological polar surface area (TPSA) is 193 Å². The molecule has 3 rings (SSSR count). The van der Waals surface area contributed by atoms with E-state index in [4.69, 9.17) is 10.8 Å². The van der Waals surface area contributed by atoms with E-state index in [1.54, 1.807) is 18.4 Å². The van der Waals surface area contributed by atoms with E-state index >= 15 is 0 Å². The third-order valence-corrected chi connectivity index (χ3v) is 4.25. The number of carboxylic acids is 1. The molecule has 0 aliphatic rings. The number of amides is 1. The number of nitrogens with zero attached hydrogens (tertiary/aromatic N) is 3. The Kier molecular flexibility index (Phi) is 8.71. The van der Waals surface area contributed by atoms with Crippen molar-refractivity contribution in [3.8, 4) is 0 Å². The van der Waals surface area contributed by atoms with Gasteiger partial charge in [-0.15, -0.1) is 6.42 Å². The minimum absolute atomic E-state index is 0. The van der Waals surface area contributed by atoms with Gasteiger partial charge in [-0.1, -0.05) is 0 Å². The Morgan fingerprint density at radius 3 is 2.59 bits per heavy atom. The summed E-state index contributed by atoms with van der Waals surface area (Å²) in [4.78, 5) is 60.2. The number of aliphatic carboxylic acids is 1. The predicted molar refractivity (Wildman–Crippen MR) is 110 cm³/mol. The molecule has 2 heterocycles. The van der Waals surface area contributed by atoms with Gasteiger partial charge in [-0.25, -0.2) is 14.8 Å². The molecule has 0 fully saturated rings. The first kappa shape index (κ1) is 24.8. The number of hydrogen-bond donors (Lipinski definition) is 5. The molecule has 32 heavy (non-hydrogen) atoms. The second-order valence-corrected chi connectivity index (χ2v) is 6.46. The van der Waals surface area contributed by atoms with Gasteiger partial charge < -0.3 is 26.3 Å². The van der Waals surface area contributed by atoms with Crippen molar-refractivity contribution in [2.45, 2.75) is 25.4 Å². The molecule has 0 saturated heterocycles. The van der Waals surface area contributed by atoms with Crippen molar-refractivity contribution in [3.05, 3.63) is 52.1 Å². The van der Waals surface area contributed by atoms with E-state index in [1.165, 1.54) is 18.3 Å². The first-order valence-corrected chi connectivity index (χ1v) is 9.11. The molecule has 2 aromatic heterocycles. The number of carbonyl (C=O) groups is 2. The average Bonchev–Trinajstić information content (AvgIpc) is 2.75. The molecule has 13 heteroatoms. The van der Waals surface area contributed by atoms with E-state index < -0.39 is 23.5 Å². The molecule has 164 valence electrons. The van der Waals surface area contributed by atoms with E-state index in [0.29, 0.717) is 11.4 Å². The molecule has 0 unspecified atom stereocenters. The largest absolute Gasteiger partial charge is 0.542 e. The van der Waals surface area contributed by atoms with Gasteiger partial charge in [-0.05, 0) is 30.7 Å². The zero-order valence-corrected chi connectivity index (χ0v) is 19.0. The van der Waals surface area contributed by atoms with Gasteiger partial charge in [0.15, 0.2) is 11.2 Å². The van der Waals surface area contributed by atoms with Crippen LogP contribution in [0.25, 0.3) is 11.2 Å². The molecule has 1 atom stereocenters. The van der Waals surface area contributed by atoms with Crippen LogP contribution < -0.4 is 21.9 Å². The van der Waals surface area contributed by atoms with E-state index in [9.17, 15) is 19.2 Å². The number of fused-ring (bicyclic) bond motifs is 1. The maximum atomic E-state index is 12.2. The average molecular weight is 516 g/mol. The molecular formula is C19H18N7O5Zr-. The number of nitrogen functional groups attached to an aromatic ring is 1. The summed E-state index contributed by atoms with van der Waals surface area (Å²) in [6.07, 6.45) is 2.94. The summed E-state index contributed by atoms with van der Waals surface area (Å²) >= 11 is 0. The van der Waals surface area contributed by atoms with E-state index in [2.05, 4.69) is 30.6 Å². The zero-order valence-electron chi connectivity index (χ0n) is 16.6. The Balaban J connectivity index is 0.00000363. The summed E-state index contributed by atoms with van der Waals surface area (Å²) in [5, 5.41) is 14.6. The van der Waals surface area contributed by atoms with Crippen LogP contribution in [0.5, 0.6) is 0 Å². The molecule has 6 N–H and O–H groups in total. The quantitative estimate of drug-likeness (QED) is 0.242. The molecule has 1 aromatic carbocycles. The second-order valence-electron chi connectivity index (χ2n) is 6.46. The minimum Gasteiger partial charge on any atom is -0.542 e. The van der Waals surface area contributed by atoms with Gasteiger partial charge in [0, 0.05) is 37.5 Å². The fourth-order valence-electron chi connectivity index (χ4n) is 2.69. The fraction of sp³-hybridized carbons (Fsp3) is 0.211. The van der Waals surface area contributed by atoms with Gasteiger partial charge in [0.05, 0.1) is 18.4 Å². The van der Waals surface area contributed by atoms with Crippen LogP contribution in [0.4, 0.5) is 11.6 Å². The van der Waals surface area contributed by atoms with Crippen LogP contribution in [-0.2, 0) is 42.3 Å². The number of carboxylic acid groups (broad SMARTS) is 1. The van der Waals surface area contributed by atoms with Gasteiger partial charge in [0.1, 0.15) is 6.04 Å². The van der Waals surface area contributed by atoms with Crippen LogP contribution in [0.1, 0.15) is 28.9 Å². The molecule has 1 amide bonds. The van der Waals surface area contributed by atoms with Gasteiger partial charge in [-0.3, -0.25) is 20.9 Å². The maximum absolute atomic E-state index is 12.2. The first-order chi connectivity index (χ1) is 14.9. The molecule has 0 saturated carbocycles. The summed E-state index contributed by atoms with van der Waals surface area (Å²) in [6, 6.07) is 5.13. The fourth-order valence-corrected chi connectivity index (χ4v) is 2.69. The van der Waals surface area contributed by atoms with E-state index in [-0.39, 0.29) is 68.3 Å². The molecule has 12 nitrogen and oxygen atoms in total. The van der Waals surface area contributed by atoms with Crippen LogP contribution >= 0.6 is 0 Å². The summed E-state index contributed by atoms with van der Waals surface area (Å²) in [5.41, 5.74) is 6.61. The molecule has 0 bridgehead atoms. The number of hydrogen-bond acceptors (Lipinski definition) is 9. The monoisotopic (exact) mass is 514 g/mol. The summed E-state index contributed by atoms with van der Waals surface area (Å²) in [5.74, 6) is -1.84. The molecule has 0 radical (unpaired) electrons. The number of carbonyl (C=O) groups excluding carboxylic acids is 2. The summed E-state index contributed by atoms with van der Waals surface area (Å²) in [6.45, 7) is 0.252. The second kappa shape index (κ2) is 11.2. The van der Waals surface area contributed by atoms with Crippen molar-refractivity contribution in [2.24, 2.45) is 0 Å². The maximum Gasteiger partial charge on any atom is 0.326 e. The van der Waals surface area contributed by atoms with Gasteiger partial charge >= 0.3 is 5.97 Å². The number of rotatable bonds is 9. The van der Waals surface area contributed by atoms with Crippen molar-refractivity contribution >= 4 is 41.0 Å². The molecule has 0 aliphatic carbocycles. The Morgan fingerprint density at radius 1 is 1.22 bits per heavy atom. The van der Waals surface area contributed by atoms with Crippen LogP contribution in [0, 0.1) is 0 Å². The Labute approximate surface area is 200 Å². The van der Waals surface area contributed by atoms with Crippen LogP contribution in [-0.4, -0.2) is 49.2 Å². The predicted octanol–water partition coefficient (Wildman–Crippen LogP) is -0.0222. The number of H-pyrrole nitrogens is 1. The molecule has 0 aliphatic heterocycles. The van der Waals surface area contributed by atoms with Crippen LogP contribution in [0.3, 0.4) is 0 Å². The third kappa shape index (κ3) is 6.27. The Hall–Kier alpha value is -3.47. The standard InChI is InChI=1S/C19H18N7O5.Zr/c20-19-25-15-14(17(29)26-19)23-12(9-22-15)8-21-11-5-3-10(4-6-11)16(28)24-13(18(30)31)2-1-7-27;/h3-6,9,13,21H,1-2,8H2,(H,24,28)(H,30,31)(H3,20,22,25,26,29);/q-1;/t13-;/m0./s1.